The number of fused-ring (bicyclic) bond motifs is 1. The second-order valence-corrected chi connectivity index (χ2v) is 8.76. The molecule has 1 saturated heterocycles. The molecule has 158 valence electrons. The number of nitrogens with zero attached hydrogens (tertiary/aromatic N) is 1. The van der Waals surface area contributed by atoms with Gasteiger partial charge >= 0.3 is 0 Å². The molecule has 1 aliphatic rings. The van der Waals surface area contributed by atoms with E-state index in [0.717, 1.165) is 38.1 Å². The molecule has 0 bridgehead atoms. The van der Waals surface area contributed by atoms with E-state index in [1.54, 1.807) is 19.3 Å². The Morgan fingerprint density at radius 2 is 1.84 bits per heavy atom. The maximum absolute atomic E-state index is 12.9. The molecule has 5 nitrogen and oxygen atoms in total. The van der Waals surface area contributed by atoms with Crippen LogP contribution < -0.4 is 9.47 Å². The number of carbonyl (C=O) groups is 2. The number of halogens is 1. The number of ether oxygens (including phenoxy) is 2. The summed E-state index contributed by atoms with van der Waals surface area (Å²) in [5.74, 6) is 0.858. The SMILES string of the molecule is CCOc1c(Br)cc(/C=C2\SC(=O)N(Cc3ccc4ccccc4c3)C2=O)cc1OC. The Morgan fingerprint density at radius 1 is 1.06 bits per heavy atom. The Morgan fingerprint density at radius 3 is 2.58 bits per heavy atom. The summed E-state index contributed by atoms with van der Waals surface area (Å²) >= 11 is 4.43. The molecule has 2 amide bonds. The molecule has 0 atom stereocenters. The van der Waals surface area contributed by atoms with Crippen LogP contribution in [0.15, 0.2) is 64.0 Å². The third kappa shape index (κ3) is 4.48. The summed E-state index contributed by atoms with van der Waals surface area (Å²) in [7, 11) is 1.56. The van der Waals surface area contributed by atoms with Gasteiger partial charge in [-0.05, 0) is 80.8 Å². The lowest BCUT2D eigenvalue weighted by atomic mass is 10.1. The summed E-state index contributed by atoms with van der Waals surface area (Å²) in [6.07, 6.45) is 1.70. The summed E-state index contributed by atoms with van der Waals surface area (Å²) in [6.45, 7) is 2.64. The minimum atomic E-state index is -0.299. The predicted molar refractivity (Wildman–Crippen MR) is 127 cm³/mol. The van der Waals surface area contributed by atoms with Crippen molar-refractivity contribution >= 4 is 55.7 Å². The highest BCUT2D eigenvalue weighted by molar-refractivity contribution is 9.10. The van der Waals surface area contributed by atoms with E-state index in [0.29, 0.717) is 23.0 Å². The number of amides is 2. The second-order valence-electron chi connectivity index (χ2n) is 6.92. The first-order valence-corrected chi connectivity index (χ1v) is 11.3. The Labute approximate surface area is 193 Å². The van der Waals surface area contributed by atoms with Crippen LogP contribution in [0.5, 0.6) is 11.5 Å². The van der Waals surface area contributed by atoms with E-state index in [1.807, 2.05) is 55.5 Å². The first-order chi connectivity index (χ1) is 15.0. The highest BCUT2D eigenvalue weighted by Gasteiger charge is 2.35. The third-order valence-corrected chi connectivity index (χ3v) is 6.36. The van der Waals surface area contributed by atoms with Crippen molar-refractivity contribution in [3.05, 3.63) is 75.1 Å². The van der Waals surface area contributed by atoms with Gasteiger partial charge in [0.25, 0.3) is 11.1 Å². The number of carbonyl (C=O) groups excluding carboxylic acids is 2. The van der Waals surface area contributed by atoms with E-state index >= 15 is 0 Å². The van der Waals surface area contributed by atoms with E-state index in [9.17, 15) is 9.59 Å². The largest absolute Gasteiger partial charge is 0.493 e. The maximum Gasteiger partial charge on any atom is 0.293 e. The Balaban J connectivity index is 1.59. The Hall–Kier alpha value is -2.77. The van der Waals surface area contributed by atoms with E-state index < -0.39 is 0 Å². The lowest BCUT2D eigenvalue weighted by Gasteiger charge is -2.13. The molecule has 1 fully saturated rings. The van der Waals surface area contributed by atoms with Gasteiger partial charge in [-0.3, -0.25) is 14.5 Å². The standard InChI is InChI=1S/C24H20BrNO4S/c1-3-30-22-19(25)11-16(12-20(22)29-2)13-21-23(27)26(24(28)31-21)14-15-8-9-17-6-4-5-7-18(17)10-15/h4-13H,3,14H2,1-2H3/b21-13-. The minimum Gasteiger partial charge on any atom is -0.493 e. The summed E-state index contributed by atoms with van der Waals surface area (Å²) in [5, 5.41) is 1.92. The van der Waals surface area contributed by atoms with Crippen molar-refractivity contribution < 1.29 is 19.1 Å². The number of rotatable bonds is 6. The maximum atomic E-state index is 12.9. The van der Waals surface area contributed by atoms with E-state index in [2.05, 4.69) is 15.9 Å². The van der Waals surface area contributed by atoms with Gasteiger partial charge < -0.3 is 9.47 Å². The Bertz CT molecular complexity index is 1210. The molecule has 0 unspecified atom stereocenters. The highest BCUT2D eigenvalue weighted by Crippen LogP contribution is 2.39. The molecule has 0 aromatic heterocycles. The number of imide groups is 1. The molecule has 4 rings (SSSR count). The molecule has 1 aliphatic heterocycles. The van der Waals surface area contributed by atoms with Crippen LogP contribution in [-0.2, 0) is 11.3 Å². The summed E-state index contributed by atoms with van der Waals surface area (Å²) < 4.78 is 11.7. The normalized spacial score (nSPS) is 15.2. The van der Waals surface area contributed by atoms with Crippen molar-refractivity contribution in [1.29, 1.82) is 0 Å². The number of methoxy groups -OCH3 is 1. The molecule has 1 heterocycles. The Kier molecular flexibility index (Phi) is 6.34. The quantitative estimate of drug-likeness (QED) is 0.377. The van der Waals surface area contributed by atoms with Crippen LogP contribution in [0.1, 0.15) is 18.1 Å². The van der Waals surface area contributed by atoms with E-state index in [1.165, 1.54) is 4.90 Å². The van der Waals surface area contributed by atoms with Crippen molar-refractivity contribution in [2.75, 3.05) is 13.7 Å². The van der Waals surface area contributed by atoms with Crippen molar-refractivity contribution in [1.82, 2.24) is 4.90 Å². The van der Waals surface area contributed by atoms with Crippen LogP contribution in [0.3, 0.4) is 0 Å². The van der Waals surface area contributed by atoms with Gasteiger partial charge in [0, 0.05) is 0 Å². The van der Waals surface area contributed by atoms with Gasteiger partial charge in [-0.2, -0.15) is 0 Å². The first kappa shape index (κ1) is 21.5. The molecule has 31 heavy (non-hydrogen) atoms. The highest BCUT2D eigenvalue weighted by atomic mass is 79.9. The molecule has 0 spiro atoms. The van der Waals surface area contributed by atoms with Crippen molar-refractivity contribution in [2.45, 2.75) is 13.5 Å². The average molecular weight is 498 g/mol. The molecular weight excluding hydrogens is 478 g/mol. The number of hydrogen-bond acceptors (Lipinski definition) is 5. The molecule has 7 heteroatoms. The van der Waals surface area contributed by atoms with Gasteiger partial charge in [0.15, 0.2) is 11.5 Å². The smallest absolute Gasteiger partial charge is 0.293 e. The molecule has 0 N–H and O–H groups in total. The van der Waals surface area contributed by atoms with Crippen LogP contribution in [0.4, 0.5) is 4.79 Å². The van der Waals surface area contributed by atoms with Crippen molar-refractivity contribution in [3.8, 4) is 11.5 Å². The predicted octanol–water partition coefficient (Wildman–Crippen LogP) is 6.25. The fourth-order valence-corrected chi connectivity index (χ4v) is 4.83. The summed E-state index contributed by atoms with van der Waals surface area (Å²) in [5.41, 5.74) is 1.65. The van der Waals surface area contributed by atoms with Crippen LogP contribution in [-0.4, -0.2) is 29.8 Å². The summed E-state index contributed by atoms with van der Waals surface area (Å²) in [6, 6.07) is 17.6. The molecular formula is C24H20BrNO4S. The molecule has 0 saturated carbocycles. The van der Waals surface area contributed by atoms with Crippen LogP contribution in [0.25, 0.3) is 16.8 Å². The average Bonchev–Trinajstić information content (AvgIpc) is 3.02. The van der Waals surface area contributed by atoms with Crippen molar-refractivity contribution in [2.24, 2.45) is 0 Å². The molecule has 0 aliphatic carbocycles. The number of hydrogen-bond donors (Lipinski definition) is 0. The third-order valence-electron chi connectivity index (χ3n) is 4.87. The summed E-state index contributed by atoms with van der Waals surface area (Å²) in [4.78, 5) is 27.2. The van der Waals surface area contributed by atoms with Gasteiger partial charge in [0.05, 0.1) is 29.6 Å². The lowest BCUT2D eigenvalue weighted by molar-refractivity contribution is -0.123. The van der Waals surface area contributed by atoms with Gasteiger partial charge in [-0.15, -0.1) is 0 Å². The number of thioether (sulfide) groups is 1. The van der Waals surface area contributed by atoms with E-state index in [-0.39, 0.29) is 17.7 Å². The van der Waals surface area contributed by atoms with Gasteiger partial charge in [-0.1, -0.05) is 36.4 Å². The van der Waals surface area contributed by atoms with Crippen LogP contribution in [0.2, 0.25) is 0 Å². The van der Waals surface area contributed by atoms with Crippen molar-refractivity contribution in [3.63, 3.8) is 0 Å². The number of benzene rings is 3. The van der Waals surface area contributed by atoms with Gasteiger partial charge in [0.1, 0.15) is 0 Å². The zero-order chi connectivity index (χ0) is 22.0. The zero-order valence-corrected chi connectivity index (χ0v) is 19.5. The fraction of sp³-hybridized carbons (Fsp3) is 0.167. The zero-order valence-electron chi connectivity index (χ0n) is 17.1. The van der Waals surface area contributed by atoms with E-state index in [4.69, 9.17) is 9.47 Å². The fourth-order valence-electron chi connectivity index (χ4n) is 3.41. The monoisotopic (exact) mass is 497 g/mol. The molecule has 0 radical (unpaired) electrons. The molecule has 3 aromatic rings. The second kappa shape index (κ2) is 9.16. The van der Waals surface area contributed by atoms with Gasteiger partial charge in [-0.25, -0.2) is 0 Å². The minimum absolute atomic E-state index is 0.239. The van der Waals surface area contributed by atoms with Crippen LogP contribution >= 0.6 is 27.7 Å². The van der Waals surface area contributed by atoms with Crippen LogP contribution in [0, 0.1) is 0 Å². The lowest BCUT2D eigenvalue weighted by Crippen LogP contribution is -2.27. The topological polar surface area (TPSA) is 55.8 Å². The first-order valence-electron chi connectivity index (χ1n) is 9.73. The molecule has 3 aromatic carbocycles. The van der Waals surface area contributed by atoms with Gasteiger partial charge in [0.2, 0.25) is 0 Å².